The molecule has 20 heavy (non-hydrogen) atoms. The van der Waals surface area contributed by atoms with Gasteiger partial charge >= 0.3 is 0 Å². The molecule has 2 heterocycles. The van der Waals surface area contributed by atoms with Crippen molar-refractivity contribution in [1.82, 2.24) is 15.5 Å². The zero-order valence-electron chi connectivity index (χ0n) is 12.7. The highest BCUT2D eigenvalue weighted by Crippen LogP contribution is 2.20. The summed E-state index contributed by atoms with van der Waals surface area (Å²) in [6.45, 7) is 6.80. The van der Waals surface area contributed by atoms with Crippen molar-refractivity contribution < 1.29 is 9.59 Å². The minimum Gasteiger partial charge on any atom is -0.351 e. The normalized spacial score (nSPS) is 30.3. The summed E-state index contributed by atoms with van der Waals surface area (Å²) in [7, 11) is 0. The molecule has 2 aliphatic rings. The van der Waals surface area contributed by atoms with Gasteiger partial charge in [0.15, 0.2) is 0 Å². The zero-order chi connectivity index (χ0) is 14.5. The Kier molecular flexibility index (Phi) is 5.40. The van der Waals surface area contributed by atoms with Crippen LogP contribution < -0.4 is 10.6 Å². The summed E-state index contributed by atoms with van der Waals surface area (Å²) in [4.78, 5) is 26.3. The SMILES string of the molecule is CCCC(=O)N1CCCC1C(=O)NC1CCNCC1C. The topological polar surface area (TPSA) is 61.4 Å². The van der Waals surface area contributed by atoms with Crippen LogP contribution in [0.5, 0.6) is 0 Å². The van der Waals surface area contributed by atoms with Crippen LogP contribution in [0.25, 0.3) is 0 Å². The molecular formula is C15H27N3O2. The molecule has 0 aromatic heterocycles. The smallest absolute Gasteiger partial charge is 0.243 e. The first kappa shape index (κ1) is 15.3. The maximum absolute atomic E-state index is 12.5. The van der Waals surface area contributed by atoms with E-state index >= 15 is 0 Å². The number of carbonyl (C=O) groups is 2. The van der Waals surface area contributed by atoms with E-state index in [1.165, 1.54) is 0 Å². The van der Waals surface area contributed by atoms with Gasteiger partial charge in [0.05, 0.1) is 0 Å². The minimum absolute atomic E-state index is 0.0469. The minimum atomic E-state index is -0.240. The van der Waals surface area contributed by atoms with Gasteiger partial charge in [0, 0.05) is 19.0 Å². The number of nitrogens with one attached hydrogen (secondary N) is 2. The van der Waals surface area contributed by atoms with Crippen molar-refractivity contribution in [3.05, 3.63) is 0 Å². The Morgan fingerprint density at radius 3 is 2.85 bits per heavy atom. The van der Waals surface area contributed by atoms with E-state index in [1.54, 1.807) is 4.90 Å². The van der Waals surface area contributed by atoms with Crippen LogP contribution in [0.2, 0.25) is 0 Å². The van der Waals surface area contributed by atoms with Crippen molar-refractivity contribution >= 4 is 11.8 Å². The fraction of sp³-hybridized carbons (Fsp3) is 0.867. The van der Waals surface area contributed by atoms with E-state index in [2.05, 4.69) is 17.6 Å². The first-order valence-corrected chi connectivity index (χ1v) is 7.94. The molecule has 0 aliphatic carbocycles. The Bertz CT molecular complexity index is 359. The Labute approximate surface area is 121 Å². The van der Waals surface area contributed by atoms with E-state index in [4.69, 9.17) is 0 Å². The molecule has 3 unspecified atom stereocenters. The molecule has 114 valence electrons. The second-order valence-electron chi connectivity index (χ2n) is 6.08. The molecular weight excluding hydrogens is 254 g/mol. The van der Waals surface area contributed by atoms with Crippen LogP contribution in [0.4, 0.5) is 0 Å². The molecule has 2 rings (SSSR count). The van der Waals surface area contributed by atoms with Crippen LogP contribution in [0.3, 0.4) is 0 Å². The van der Waals surface area contributed by atoms with E-state index in [-0.39, 0.29) is 23.9 Å². The number of amides is 2. The van der Waals surface area contributed by atoms with Crippen molar-refractivity contribution in [2.24, 2.45) is 5.92 Å². The molecule has 0 bridgehead atoms. The fourth-order valence-corrected chi connectivity index (χ4v) is 3.20. The van der Waals surface area contributed by atoms with Crippen LogP contribution in [0.15, 0.2) is 0 Å². The van der Waals surface area contributed by atoms with E-state index in [0.29, 0.717) is 12.3 Å². The van der Waals surface area contributed by atoms with Gasteiger partial charge in [0.2, 0.25) is 11.8 Å². The van der Waals surface area contributed by atoms with Crippen molar-refractivity contribution in [1.29, 1.82) is 0 Å². The van der Waals surface area contributed by atoms with Crippen LogP contribution in [0, 0.1) is 5.92 Å². The summed E-state index contributed by atoms with van der Waals surface area (Å²) in [5, 5.41) is 6.50. The van der Waals surface area contributed by atoms with Gasteiger partial charge in [-0.25, -0.2) is 0 Å². The molecule has 2 saturated heterocycles. The number of nitrogens with zero attached hydrogens (tertiary/aromatic N) is 1. The second-order valence-corrected chi connectivity index (χ2v) is 6.08. The number of piperidine rings is 1. The van der Waals surface area contributed by atoms with Gasteiger partial charge < -0.3 is 15.5 Å². The predicted octanol–water partition coefficient (Wildman–Crippen LogP) is 0.892. The lowest BCUT2D eigenvalue weighted by Gasteiger charge is -2.32. The van der Waals surface area contributed by atoms with E-state index < -0.39 is 0 Å². The maximum atomic E-state index is 12.5. The molecule has 3 atom stereocenters. The highest BCUT2D eigenvalue weighted by atomic mass is 16.2. The van der Waals surface area contributed by atoms with Crippen LogP contribution >= 0.6 is 0 Å². The Morgan fingerprint density at radius 2 is 2.15 bits per heavy atom. The Morgan fingerprint density at radius 1 is 1.35 bits per heavy atom. The first-order chi connectivity index (χ1) is 9.63. The van der Waals surface area contributed by atoms with Crippen molar-refractivity contribution in [2.45, 2.75) is 58.0 Å². The number of hydrogen-bond acceptors (Lipinski definition) is 3. The lowest BCUT2D eigenvalue weighted by Crippen LogP contribution is -2.53. The number of hydrogen-bond donors (Lipinski definition) is 2. The summed E-state index contributed by atoms with van der Waals surface area (Å²) >= 11 is 0. The summed E-state index contributed by atoms with van der Waals surface area (Å²) in [5.74, 6) is 0.628. The van der Waals surface area contributed by atoms with E-state index in [9.17, 15) is 9.59 Å². The molecule has 0 aromatic carbocycles. The standard InChI is InChI=1S/C15H27N3O2/c1-3-5-14(19)18-9-4-6-13(18)15(20)17-12-7-8-16-10-11(12)2/h11-13,16H,3-10H2,1-2H3,(H,17,20). The number of likely N-dealkylation sites (tertiary alicyclic amines) is 1. The van der Waals surface area contributed by atoms with E-state index in [1.807, 2.05) is 6.92 Å². The molecule has 0 aromatic rings. The molecule has 0 spiro atoms. The average molecular weight is 281 g/mol. The van der Waals surface area contributed by atoms with Gasteiger partial charge in [-0.05, 0) is 44.7 Å². The van der Waals surface area contributed by atoms with Crippen molar-refractivity contribution in [3.8, 4) is 0 Å². The molecule has 2 amide bonds. The highest BCUT2D eigenvalue weighted by Gasteiger charge is 2.35. The molecule has 2 aliphatic heterocycles. The average Bonchev–Trinajstić information content (AvgIpc) is 2.91. The molecule has 2 N–H and O–H groups in total. The lowest BCUT2D eigenvalue weighted by atomic mass is 9.95. The Hall–Kier alpha value is -1.10. The van der Waals surface area contributed by atoms with Crippen LogP contribution in [-0.4, -0.2) is 48.4 Å². The van der Waals surface area contributed by atoms with Gasteiger partial charge in [-0.1, -0.05) is 13.8 Å². The monoisotopic (exact) mass is 281 g/mol. The van der Waals surface area contributed by atoms with Gasteiger partial charge in [0.1, 0.15) is 6.04 Å². The summed E-state index contributed by atoms with van der Waals surface area (Å²) in [6, 6.07) is 0.00335. The second kappa shape index (κ2) is 7.07. The largest absolute Gasteiger partial charge is 0.351 e. The molecule has 5 nitrogen and oxygen atoms in total. The predicted molar refractivity (Wildman–Crippen MR) is 78.2 cm³/mol. The lowest BCUT2D eigenvalue weighted by molar-refractivity contribution is -0.139. The number of carbonyl (C=O) groups excluding carboxylic acids is 2. The molecule has 2 fully saturated rings. The highest BCUT2D eigenvalue weighted by molar-refractivity contribution is 5.88. The summed E-state index contributed by atoms with van der Waals surface area (Å²) in [5.41, 5.74) is 0. The first-order valence-electron chi connectivity index (χ1n) is 7.94. The van der Waals surface area contributed by atoms with Crippen molar-refractivity contribution in [3.63, 3.8) is 0 Å². The third kappa shape index (κ3) is 3.51. The van der Waals surface area contributed by atoms with Gasteiger partial charge in [-0.3, -0.25) is 9.59 Å². The van der Waals surface area contributed by atoms with Crippen molar-refractivity contribution in [2.75, 3.05) is 19.6 Å². The summed E-state index contributed by atoms with van der Waals surface area (Å²) in [6.07, 6.45) is 4.11. The quantitative estimate of drug-likeness (QED) is 0.804. The maximum Gasteiger partial charge on any atom is 0.243 e. The zero-order valence-corrected chi connectivity index (χ0v) is 12.7. The van der Waals surface area contributed by atoms with E-state index in [0.717, 1.165) is 45.3 Å². The summed E-state index contributed by atoms with van der Waals surface area (Å²) < 4.78 is 0. The van der Waals surface area contributed by atoms with Gasteiger partial charge in [0.25, 0.3) is 0 Å². The third-order valence-corrected chi connectivity index (χ3v) is 4.45. The Balaban J connectivity index is 1.92. The molecule has 0 radical (unpaired) electrons. The molecule has 0 saturated carbocycles. The van der Waals surface area contributed by atoms with Crippen LogP contribution in [0.1, 0.15) is 46.0 Å². The van der Waals surface area contributed by atoms with Gasteiger partial charge in [-0.15, -0.1) is 0 Å². The molecule has 5 heteroatoms. The van der Waals surface area contributed by atoms with Gasteiger partial charge in [-0.2, -0.15) is 0 Å². The third-order valence-electron chi connectivity index (χ3n) is 4.45. The van der Waals surface area contributed by atoms with Crippen LogP contribution in [-0.2, 0) is 9.59 Å². The number of rotatable bonds is 4. The fourth-order valence-electron chi connectivity index (χ4n) is 3.20.